The van der Waals surface area contributed by atoms with E-state index in [9.17, 15) is 19.8 Å². The van der Waals surface area contributed by atoms with Gasteiger partial charge in [0.05, 0.1) is 12.2 Å². The Hall–Kier alpha value is -1.14. The van der Waals surface area contributed by atoms with Crippen LogP contribution >= 0.6 is 0 Å². The lowest BCUT2D eigenvalue weighted by atomic mass is 9.71. The lowest BCUT2D eigenvalue weighted by molar-refractivity contribution is -0.137. The van der Waals surface area contributed by atoms with E-state index in [4.69, 9.17) is 0 Å². The number of hydrogen-bond donors (Lipinski definition) is 4. The molecular weight excluding hydrogens is 284 g/mol. The molecule has 0 bridgehead atoms. The molecule has 0 rings (SSSR count). The minimum absolute atomic E-state index is 0.160. The first-order valence-corrected chi connectivity index (χ1v) is 7.87. The molecule has 0 heterocycles. The van der Waals surface area contributed by atoms with Gasteiger partial charge in [-0.3, -0.25) is 9.59 Å². The van der Waals surface area contributed by atoms with Gasteiger partial charge in [-0.1, -0.05) is 27.7 Å². The van der Waals surface area contributed by atoms with E-state index in [2.05, 4.69) is 10.6 Å². The topological polar surface area (TPSA) is 98.7 Å². The number of carbonyl (C=O) groups is 2. The van der Waals surface area contributed by atoms with E-state index in [-0.39, 0.29) is 24.9 Å². The Labute approximate surface area is 133 Å². The highest BCUT2D eigenvalue weighted by molar-refractivity contribution is 5.85. The van der Waals surface area contributed by atoms with E-state index in [1.165, 1.54) is 0 Å². The van der Waals surface area contributed by atoms with Crippen LogP contribution in [0.4, 0.5) is 0 Å². The molecule has 130 valence electrons. The Morgan fingerprint density at radius 1 is 0.955 bits per heavy atom. The van der Waals surface area contributed by atoms with Crippen LogP contribution in [0.15, 0.2) is 0 Å². The zero-order chi connectivity index (χ0) is 17.6. The molecule has 22 heavy (non-hydrogen) atoms. The van der Waals surface area contributed by atoms with Crippen molar-refractivity contribution in [3.63, 3.8) is 0 Å². The molecule has 0 aromatic heterocycles. The highest BCUT2D eigenvalue weighted by Gasteiger charge is 2.40. The molecule has 0 radical (unpaired) electrons. The van der Waals surface area contributed by atoms with Crippen LogP contribution in [0, 0.1) is 10.8 Å². The Bertz CT molecular complexity index is 380. The van der Waals surface area contributed by atoms with Gasteiger partial charge in [-0.2, -0.15) is 0 Å². The molecule has 0 aliphatic rings. The Morgan fingerprint density at radius 3 is 1.73 bits per heavy atom. The molecule has 0 saturated heterocycles. The van der Waals surface area contributed by atoms with Crippen molar-refractivity contribution in [3.8, 4) is 0 Å². The van der Waals surface area contributed by atoms with Crippen molar-refractivity contribution in [2.75, 3.05) is 13.1 Å². The largest absolute Gasteiger partial charge is 0.392 e. The summed E-state index contributed by atoms with van der Waals surface area (Å²) in [5, 5.41) is 24.0. The fraction of sp³-hybridized carbons (Fsp3) is 0.875. The summed E-state index contributed by atoms with van der Waals surface area (Å²) in [5.74, 6) is -0.344. The van der Waals surface area contributed by atoms with Crippen LogP contribution in [0.5, 0.6) is 0 Å². The maximum absolute atomic E-state index is 12.4. The fourth-order valence-corrected chi connectivity index (χ4v) is 2.35. The summed E-state index contributed by atoms with van der Waals surface area (Å²) >= 11 is 0. The van der Waals surface area contributed by atoms with Gasteiger partial charge in [0.25, 0.3) is 0 Å². The average Bonchev–Trinajstić information content (AvgIpc) is 2.40. The van der Waals surface area contributed by atoms with Crippen molar-refractivity contribution >= 4 is 11.8 Å². The van der Waals surface area contributed by atoms with Crippen LogP contribution in [0.2, 0.25) is 0 Å². The molecule has 2 amide bonds. The normalized spacial score (nSPS) is 17.3. The lowest BCUT2D eigenvalue weighted by Crippen LogP contribution is -2.47. The summed E-state index contributed by atoms with van der Waals surface area (Å²) in [4.78, 5) is 24.6. The second-order valence-corrected chi connectivity index (χ2v) is 7.09. The van der Waals surface area contributed by atoms with Gasteiger partial charge in [0.1, 0.15) is 0 Å². The molecule has 0 saturated carbocycles. The number of carbonyl (C=O) groups excluding carboxylic acids is 2. The number of amides is 2. The predicted molar refractivity (Wildman–Crippen MR) is 86.2 cm³/mol. The number of nitrogens with one attached hydrogen (secondary N) is 2. The molecule has 0 spiro atoms. The Kier molecular flexibility index (Phi) is 8.04. The summed E-state index contributed by atoms with van der Waals surface area (Å²) in [6.45, 7) is 10.9. The molecule has 6 heteroatoms. The van der Waals surface area contributed by atoms with Gasteiger partial charge in [0.15, 0.2) is 0 Å². The molecule has 0 fully saturated rings. The first-order chi connectivity index (χ1) is 9.94. The van der Waals surface area contributed by atoms with E-state index in [1.54, 1.807) is 27.7 Å². The van der Waals surface area contributed by atoms with Crippen molar-refractivity contribution in [3.05, 3.63) is 0 Å². The van der Waals surface area contributed by atoms with Crippen LogP contribution in [-0.4, -0.2) is 47.3 Å². The molecule has 0 aliphatic carbocycles. The zero-order valence-corrected chi connectivity index (χ0v) is 14.7. The molecule has 0 aliphatic heterocycles. The van der Waals surface area contributed by atoms with E-state index >= 15 is 0 Å². The van der Waals surface area contributed by atoms with Crippen LogP contribution in [0.25, 0.3) is 0 Å². The monoisotopic (exact) mass is 316 g/mol. The molecule has 6 nitrogen and oxygen atoms in total. The average molecular weight is 316 g/mol. The van der Waals surface area contributed by atoms with Gasteiger partial charge in [-0.15, -0.1) is 0 Å². The van der Waals surface area contributed by atoms with Gasteiger partial charge in [-0.25, -0.2) is 0 Å². The van der Waals surface area contributed by atoms with E-state index in [0.717, 1.165) is 0 Å². The number of aliphatic hydroxyl groups excluding tert-OH is 2. The molecule has 0 aromatic carbocycles. The first-order valence-electron chi connectivity index (χ1n) is 7.87. The Balaban J connectivity index is 4.86. The molecule has 3 unspecified atom stereocenters. The van der Waals surface area contributed by atoms with Crippen molar-refractivity contribution in [2.45, 2.75) is 66.6 Å². The van der Waals surface area contributed by atoms with E-state index in [1.807, 2.05) is 13.8 Å². The first kappa shape index (κ1) is 20.9. The highest BCUT2D eigenvalue weighted by Crippen LogP contribution is 2.37. The van der Waals surface area contributed by atoms with Crippen molar-refractivity contribution in [1.82, 2.24) is 10.6 Å². The van der Waals surface area contributed by atoms with E-state index in [0.29, 0.717) is 12.8 Å². The molecular formula is C16H32N2O4. The van der Waals surface area contributed by atoms with Gasteiger partial charge in [0, 0.05) is 23.9 Å². The number of rotatable bonds is 9. The SMILES string of the molecule is CCC(C)(CC(C)(C)C(=O)NCC(C)O)C(=O)NCC(C)O. The lowest BCUT2D eigenvalue weighted by Gasteiger charge is -2.35. The summed E-state index contributed by atoms with van der Waals surface area (Å²) in [6, 6.07) is 0. The quantitative estimate of drug-likeness (QED) is 0.506. The standard InChI is InChI=1S/C16H32N2O4/c1-7-16(6,14(22)18-9-12(3)20)10-15(4,5)13(21)17-8-11(2)19/h11-12,19-20H,7-10H2,1-6H3,(H,17,21)(H,18,22). The second-order valence-electron chi connectivity index (χ2n) is 7.09. The third kappa shape index (κ3) is 6.75. The van der Waals surface area contributed by atoms with Crippen molar-refractivity contribution < 1.29 is 19.8 Å². The minimum atomic E-state index is -0.734. The third-order valence-corrected chi connectivity index (χ3v) is 3.89. The van der Waals surface area contributed by atoms with Gasteiger partial charge in [0.2, 0.25) is 11.8 Å². The second kappa shape index (κ2) is 8.48. The summed E-state index contributed by atoms with van der Waals surface area (Å²) in [7, 11) is 0. The fourth-order valence-electron chi connectivity index (χ4n) is 2.35. The third-order valence-electron chi connectivity index (χ3n) is 3.89. The molecule has 4 N–H and O–H groups in total. The molecule has 0 aromatic rings. The van der Waals surface area contributed by atoms with Gasteiger partial charge < -0.3 is 20.8 Å². The Morgan fingerprint density at radius 2 is 1.36 bits per heavy atom. The van der Waals surface area contributed by atoms with Crippen LogP contribution in [0.3, 0.4) is 0 Å². The molecule has 3 atom stereocenters. The summed E-state index contributed by atoms with van der Waals surface area (Å²) in [6.07, 6.45) is -0.237. The van der Waals surface area contributed by atoms with Crippen LogP contribution < -0.4 is 10.6 Å². The van der Waals surface area contributed by atoms with Crippen LogP contribution in [-0.2, 0) is 9.59 Å². The number of aliphatic hydroxyl groups is 2. The summed E-state index contributed by atoms with van der Waals surface area (Å²) in [5.41, 5.74) is -1.43. The van der Waals surface area contributed by atoms with Gasteiger partial charge in [-0.05, 0) is 26.7 Å². The van der Waals surface area contributed by atoms with Crippen LogP contribution in [0.1, 0.15) is 54.4 Å². The maximum Gasteiger partial charge on any atom is 0.226 e. The summed E-state index contributed by atoms with van der Waals surface area (Å²) < 4.78 is 0. The van der Waals surface area contributed by atoms with E-state index < -0.39 is 23.0 Å². The maximum atomic E-state index is 12.4. The smallest absolute Gasteiger partial charge is 0.226 e. The van der Waals surface area contributed by atoms with Gasteiger partial charge >= 0.3 is 0 Å². The minimum Gasteiger partial charge on any atom is -0.392 e. The van der Waals surface area contributed by atoms with Crippen molar-refractivity contribution in [1.29, 1.82) is 0 Å². The van der Waals surface area contributed by atoms with Crippen molar-refractivity contribution in [2.24, 2.45) is 10.8 Å². The predicted octanol–water partition coefficient (Wildman–Crippen LogP) is 0.813. The highest BCUT2D eigenvalue weighted by atomic mass is 16.3. The number of hydrogen-bond acceptors (Lipinski definition) is 4. The zero-order valence-electron chi connectivity index (χ0n) is 14.7.